The molecule has 0 atom stereocenters. The van der Waals surface area contributed by atoms with Crippen molar-refractivity contribution < 1.29 is 23.9 Å². The van der Waals surface area contributed by atoms with Gasteiger partial charge in [-0.1, -0.05) is 6.07 Å². The van der Waals surface area contributed by atoms with Crippen molar-refractivity contribution >= 4 is 35.1 Å². The lowest BCUT2D eigenvalue weighted by atomic mass is 10.1. The van der Waals surface area contributed by atoms with E-state index in [0.717, 1.165) is 0 Å². The zero-order chi connectivity index (χ0) is 16.5. The van der Waals surface area contributed by atoms with Crippen LogP contribution in [0.15, 0.2) is 18.2 Å². The Morgan fingerprint density at radius 2 is 1.82 bits per heavy atom. The van der Waals surface area contributed by atoms with E-state index in [1.54, 1.807) is 19.9 Å². The van der Waals surface area contributed by atoms with Crippen LogP contribution in [0.3, 0.4) is 0 Å². The first kappa shape index (κ1) is 18.0. The van der Waals surface area contributed by atoms with Crippen LogP contribution in [-0.4, -0.2) is 36.9 Å². The zero-order valence-electron chi connectivity index (χ0n) is 12.5. The molecule has 0 spiro atoms. The third-order valence-corrected chi connectivity index (χ3v) is 2.87. The van der Waals surface area contributed by atoms with Gasteiger partial charge in [-0.2, -0.15) is 0 Å². The fourth-order valence-electron chi connectivity index (χ4n) is 1.75. The second-order valence-corrected chi connectivity index (χ2v) is 4.53. The van der Waals surface area contributed by atoms with Gasteiger partial charge < -0.3 is 14.8 Å². The van der Waals surface area contributed by atoms with Gasteiger partial charge in [0.05, 0.1) is 30.9 Å². The number of anilines is 1. The van der Waals surface area contributed by atoms with Crippen molar-refractivity contribution in [2.45, 2.75) is 20.3 Å². The number of ether oxygens (including phenoxy) is 2. The summed E-state index contributed by atoms with van der Waals surface area (Å²) in [5.41, 5.74) is 1.05. The summed E-state index contributed by atoms with van der Waals surface area (Å²) < 4.78 is 9.82. The molecule has 1 aromatic carbocycles. The molecule has 0 radical (unpaired) electrons. The molecule has 7 heteroatoms. The fraction of sp³-hybridized carbons (Fsp3) is 0.400. The van der Waals surface area contributed by atoms with Crippen LogP contribution in [0.5, 0.6) is 0 Å². The Bertz CT molecular complexity index is 559. The zero-order valence-corrected chi connectivity index (χ0v) is 13.2. The lowest BCUT2D eigenvalue weighted by molar-refractivity contribution is -0.142. The molecule has 0 fully saturated rings. The van der Waals surface area contributed by atoms with Gasteiger partial charge in [-0.25, -0.2) is 4.79 Å². The Hall–Kier alpha value is -2.08. The maximum Gasteiger partial charge on any atom is 0.340 e. The minimum atomic E-state index is -0.585. The van der Waals surface area contributed by atoms with Gasteiger partial charge in [0.2, 0.25) is 5.91 Å². The number of halogens is 1. The number of hydrogen-bond donors (Lipinski definition) is 1. The Morgan fingerprint density at radius 3 is 2.41 bits per heavy atom. The summed E-state index contributed by atoms with van der Waals surface area (Å²) in [5, 5.41) is 2.52. The molecule has 22 heavy (non-hydrogen) atoms. The molecule has 120 valence electrons. The third kappa shape index (κ3) is 5.37. The second-order valence-electron chi connectivity index (χ2n) is 4.26. The van der Waals surface area contributed by atoms with Crippen molar-refractivity contribution in [1.82, 2.24) is 0 Å². The highest BCUT2D eigenvalue weighted by Gasteiger charge is 2.16. The monoisotopic (exact) mass is 327 g/mol. The topological polar surface area (TPSA) is 81.7 Å². The molecule has 0 bridgehead atoms. The SMILES string of the molecule is CCOC(=O)Cc1ccc(NC(=O)CCl)c(C(=O)OCC)c1. The molecular formula is C15H18ClNO5. The van der Waals surface area contributed by atoms with E-state index in [0.29, 0.717) is 5.56 Å². The Balaban J connectivity index is 3.05. The van der Waals surface area contributed by atoms with E-state index in [1.807, 2.05) is 0 Å². The van der Waals surface area contributed by atoms with Gasteiger partial charge in [0.15, 0.2) is 0 Å². The fourth-order valence-corrected chi connectivity index (χ4v) is 1.82. The molecule has 0 aromatic heterocycles. The van der Waals surface area contributed by atoms with Gasteiger partial charge >= 0.3 is 11.9 Å². The standard InChI is InChI=1S/C15H18ClNO5/c1-3-21-14(19)8-10-5-6-12(17-13(18)9-16)11(7-10)15(20)22-4-2/h5-7H,3-4,8-9H2,1-2H3,(H,17,18). The largest absolute Gasteiger partial charge is 0.466 e. The third-order valence-electron chi connectivity index (χ3n) is 2.63. The lowest BCUT2D eigenvalue weighted by Crippen LogP contribution is -2.17. The number of carbonyl (C=O) groups is 3. The number of amides is 1. The highest BCUT2D eigenvalue weighted by atomic mass is 35.5. The summed E-state index contributed by atoms with van der Waals surface area (Å²) in [4.78, 5) is 34.9. The van der Waals surface area contributed by atoms with Gasteiger partial charge in [-0.05, 0) is 31.5 Å². The van der Waals surface area contributed by atoms with Gasteiger partial charge in [-0.15, -0.1) is 11.6 Å². The maximum atomic E-state index is 12.0. The van der Waals surface area contributed by atoms with Crippen molar-refractivity contribution in [3.05, 3.63) is 29.3 Å². The van der Waals surface area contributed by atoms with Crippen molar-refractivity contribution in [3.63, 3.8) is 0 Å². The van der Waals surface area contributed by atoms with Crippen molar-refractivity contribution in [2.75, 3.05) is 24.4 Å². The summed E-state index contributed by atoms with van der Waals surface area (Å²) in [6.45, 7) is 3.88. The number of benzene rings is 1. The van der Waals surface area contributed by atoms with Crippen LogP contribution in [0, 0.1) is 0 Å². The number of alkyl halides is 1. The normalized spacial score (nSPS) is 9.95. The van der Waals surface area contributed by atoms with Gasteiger partial charge in [-0.3, -0.25) is 9.59 Å². The van der Waals surface area contributed by atoms with Gasteiger partial charge in [0, 0.05) is 0 Å². The van der Waals surface area contributed by atoms with Crippen molar-refractivity contribution in [3.8, 4) is 0 Å². The molecular weight excluding hydrogens is 310 g/mol. The summed E-state index contributed by atoms with van der Waals surface area (Å²) in [6.07, 6.45) is 0.0317. The quantitative estimate of drug-likeness (QED) is 0.613. The van der Waals surface area contributed by atoms with Crippen LogP contribution in [-0.2, 0) is 25.5 Å². The molecule has 0 heterocycles. The highest BCUT2D eigenvalue weighted by Crippen LogP contribution is 2.20. The summed E-state index contributed by atoms with van der Waals surface area (Å²) in [7, 11) is 0. The molecule has 1 aromatic rings. The predicted octanol–water partition coefficient (Wildman–Crippen LogP) is 2.15. The highest BCUT2D eigenvalue weighted by molar-refractivity contribution is 6.29. The first-order chi connectivity index (χ1) is 10.5. The van der Waals surface area contributed by atoms with E-state index in [1.165, 1.54) is 12.1 Å². The molecule has 0 unspecified atom stereocenters. The van der Waals surface area contributed by atoms with E-state index in [2.05, 4.69) is 5.32 Å². The number of rotatable bonds is 7. The van der Waals surface area contributed by atoms with Crippen LogP contribution in [0.25, 0.3) is 0 Å². The molecule has 1 rings (SSSR count). The minimum absolute atomic E-state index is 0.0317. The summed E-state index contributed by atoms with van der Waals surface area (Å²) in [6, 6.07) is 4.66. The molecule has 1 amide bonds. The van der Waals surface area contributed by atoms with E-state index in [4.69, 9.17) is 21.1 Å². The molecule has 6 nitrogen and oxygen atoms in total. The number of hydrogen-bond acceptors (Lipinski definition) is 5. The van der Waals surface area contributed by atoms with Crippen molar-refractivity contribution in [1.29, 1.82) is 0 Å². The minimum Gasteiger partial charge on any atom is -0.466 e. The van der Waals surface area contributed by atoms with Gasteiger partial charge in [0.1, 0.15) is 5.88 Å². The van der Waals surface area contributed by atoms with E-state index >= 15 is 0 Å². The average molecular weight is 328 g/mol. The molecule has 0 saturated heterocycles. The molecule has 0 aliphatic carbocycles. The number of esters is 2. The summed E-state index contributed by atoms with van der Waals surface area (Å²) in [5.74, 6) is -1.65. The lowest BCUT2D eigenvalue weighted by Gasteiger charge is -2.11. The van der Waals surface area contributed by atoms with Crippen LogP contribution in [0.4, 0.5) is 5.69 Å². The summed E-state index contributed by atoms with van der Waals surface area (Å²) >= 11 is 5.44. The number of carbonyl (C=O) groups excluding carboxylic acids is 3. The Labute approximate surface area is 133 Å². The van der Waals surface area contributed by atoms with Crippen LogP contribution in [0.2, 0.25) is 0 Å². The van der Waals surface area contributed by atoms with Gasteiger partial charge in [0.25, 0.3) is 0 Å². The maximum absolute atomic E-state index is 12.0. The second kappa shape index (κ2) is 9.04. The van der Waals surface area contributed by atoms with Crippen LogP contribution in [0.1, 0.15) is 29.8 Å². The number of nitrogens with one attached hydrogen (secondary N) is 1. The Kier molecular flexibility index (Phi) is 7.39. The predicted molar refractivity (Wildman–Crippen MR) is 82.1 cm³/mol. The van der Waals surface area contributed by atoms with E-state index in [9.17, 15) is 14.4 Å². The van der Waals surface area contributed by atoms with Crippen LogP contribution < -0.4 is 5.32 Å². The Morgan fingerprint density at radius 1 is 1.14 bits per heavy atom. The first-order valence-corrected chi connectivity index (χ1v) is 7.36. The van der Waals surface area contributed by atoms with Crippen molar-refractivity contribution in [2.24, 2.45) is 0 Å². The first-order valence-electron chi connectivity index (χ1n) is 6.83. The molecule has 0 aliphatic rings. The average Bonchev–Trinajstić information content (AvgIpc) is 2.49. The van der Waals surface area contributed by atoms with E-state index in [-0.39, 0.29) is 36.8 Å². The molecule has 0 aliphatic heterocycles. The smallest absolute Gasteiger partial charge is 0.340 e. The van der Waals surface area contributed by atoms with E-state index < -0.39 is 17.8 Å². The van der Waals surface area contributed by atoms with Crippen LogP contribution >= 0.6 is 11.6 Å². The molecule has 0 saturated carbocycles. The molecule has 1 N–H and O–H groups in total.